The first-order valence-corrected chi connectivity index (χ1v) is 5.22. The molecule has 16 heavy (non-hydrogen) atoms. The Kier molecular flexibility index (Phi) is 2.77. The largest absolute Gasteiger partial charge is 0.388 e. The molecule has 0 unspecified atom stereocenters. The van der Waals surface area contributed by atoms with Crippen molar-refractivity contribution >= 4 is 22.7 Å². The maximum atomic E-state index is 11.7. The van der Waals surface area contributed by atoms with Crippen LogP contribution in [0.1, 0.15) is 12.5 Å². The predicted octanol–water partition coefficient (Wildman–Crippen LogP) is 2.60. The maximum absolute atomic E-state index is 11.7. The third kappa shape index (κ3) is 1.84. The molecule has 2 rings (SSSR count). The van der Waals surface area contributed by atoms with Gasteiger partial charge in [0.1, 0.15) is 0 Å². The third-order valence-corrected chi connectivity index (χ3v) is 2.51. The van der Waals surface area contributed by atoms with E-state index in [9.17, 15) is 4.79 Å². The third-order valence-electron chi connectivity index (χ3n) is 2.51. The van der Waals surface area contributed by atoms with Crippen molar-refractivity contribution in [2.24, 2.45) is 0 Å². The predicted molar refractivity (Wildman–Crippen MR) is 68.8 cm³/mol. The zero-order valence-electron chi connectivity index (χ0n) is 9.37. The number of benzene rings is 1. The van der Waals surface area contributed by atoms with Gasteiger partial charge in [0.25, 0.3) is 5.56 Å². The molecular formula is C13H14N2O. The van der Waals surface area contributed by atoms with Gasteiger partial charge < -0.3 is 10.3 Å². The van der Waals surface area contributed by atoms with Gasteiger partial charge in [0.15, 0.2) is 0 Å². The van der Waals surface area contributed by atoms with Crippen LogP contribution < -0.4 is 10.9 Å². The molecule has 2 N–H and O–H groups in total. The number of allylic oxidation sites excluding steroid dienone is 1. The highest BCUT2D eigenvalue weighted by Crippen LogP contribution is 2.16. The quantitative estimate of drug-likeness (QED) is 0.807. The fourth-order valence-corrected chi connectivity index (χ4v) is 1.68. The highest BCUT2D eigenvalue weighted by Gasteiger charge is 2.00. The minimum absolute atomic E-state index is 0.0566. The second-order valence-corrected chi connectivity index (χ2v) is 3.61. The van der Waals surface area contributed by atoms with Crippen molar-refractivity contribution in [3.8, 4) is 0 Å². The van der Waals surface area contributed by atoms with Crippen LogP contribution in [0.15, 0.2) is 35.1 Å². The Morgan fingerprint density at radius 2 is 2.12 bits per heavy atom. The highest BCUT2D eigenvalue weighted by atomic mass is 16.1. The second-order valence-electron chi connectivity index (χ2n) is 3.61. The number of aromatic amines is 1. The van der Waals surface area contributed by atoms with E-state index in [2.05, 4.69) is 10.3 Å². The molecule has 0 amide bonds. The molecule has 2 aromatic rings. The Labute approximate surface area is 93.8 Å². The van der Waals surface area contributed by atoms with Crippen LogP contribution in [-0.2, 0) is 0 Å². The number of rotatable bonds is 2. The average molecular weight is 214 g/mol. The van der Waals surface area contributed by atoms with E-state index >= 15 is 0 Å². The van der Waals surface area contributed by atoms with Gasteiger partial charge in [0, 0.05) is 18.3 Å². The molecule has 1 aromatic carbocycles. The van der Waals surface area contributed by atoms with Crippen molar-refractivity contribution in [3.05, 3.63) is 46.3 Å². The van der Waals surface area contributed by atoms with Gasteiger partial charge in [-0.3, -0.25) is 4.79 Å². The van der Waals surface area contributed by atoms with Crippen molar-refractivity contribution in [1.29, 1.82) is 0 Å². The van der Waals surface area contributed by atoms with Gasteiger partial charge in [0.2, 0.25) is 0 Å². The minimum atomic E-state index is -0.0566. The maximum Gasteiger partial charge on any atom is 0.255 e. The van der Waals surface area contributed by atoms with Gasteiger partial charge in [-0.25, -0.2) is 0 Å². The molecule has 3 heteroatoms. The number of pyridine rings is 1. The van der Waals surface area contributed by atoms with Gasteiger partial charge in [-0.05, 0) is 30.5 Å². The molecule has 0 saturated heterocycles. The first-order chi connectivity index (χ1) is 7.74. The van der Waals surface area contributed by atoms with Crippen molar-refractivity contribution in [2.45, 2.75) is 6.92 Å². The summed E-state index contributed by atoms with van der Waals surface area (Å²) >= 11 is 0. The Bertz CT molecular complexity index is 596. The summed E-state index contributed by atoms with van der Waals surface area (Å²) in [5, 5.41) is 4.08. The van der Waals surface area contributed by atoms with Crippen LogP contribution in [0.4, 0.5) is 5.69 Å². The molecular weight excluding hydrogens is 200 g/mol. The van der Waals surface area contributed by atoms with Crippen LogP contribution >= 0.6 is 0 Å². The van der Waals surface area contributed by atoms with Gasteiger partial charge >= 0.3 is 0 Å². The van der Waals surface area contributed by atoms with Crippen LogP contribution in [0.25, 0.3) is 17.0 Å². The van der Waals surface area contributed by atoms with Gasteiger partial charge in [-0.2, -0.15) is 0 Å². The SMILES string of the molecule is C/C=C/c1cc2ccc(NC)cc2[nH]c1=O. The summed E-state index contributed by atoms with van der Waals surface area (Å²) in [6.45, 7) is 1.90. The van der Waals surface area contributed by atoms with Crippen molar-refractivity contribution in [2.75, 3.05) is 12.4 Å². The Balaban J connectivity index is 2.68. The monoisotopic (exact) mass is 214 g/mol. The lowest BCUT2D eigenvalue weighted by atomic mass is 10.1. The molecule has 1 aromatic heterocycles. The standard InChI is InChI=1S/C13H14N2O/c1-3-4-10-7-9-5-6-11(14-2)8-12(9)15-13(10)16/h3-8,14H,1-2H3,(H,15,16)/b4-3+. The molecule has 0 radical (unpaired) electrons. The van der Waals surface area contributed by atoms with E-state index in [1.54, 1.807) is 0 Å². The molecule has 0 aliphatic carbocycles. The van der Waals surface area contributed by atoms with Crippen molar-refractivity contribution < 1.29 is 0 Å². The summed E-state index contributed by atoms with van der Waals surface area (Å²) in [6, 6.07) is 7.80. The number of anilines is 1. The van der Waals surface area contributed by atoms with Crippen molar-refractivity contribution in [3.63, 3.8) is 0 Å². The molecule has 0 aliphatic rings. The summed E-state index contributed by atoms with van der Waals surface area (Å²) in [5.41, 5.74) is 2.47. The zero-order chi connectivity index (χ0) is 11.5. The molecule has 0 bridgehead atoms. The van der Waals surface area contributed by atoms with Crippen molar-refractivity contribution in [1.82, 2.24) is 4.98 Å². The Hall–Kier alpha value is -2.03. The van der Waals surface area contributed by atoms with Crippen LogP contribution in [0.3, 0.4) is 0 Å². The summed E-state index contributed by atoms with van der Waals surface area (Å²) in [4.78, 5) is 14.6. The normalized spacial score (nSPS) is 11.1. The lowest BCUT2D eigenvalue weighted by Crippen LogP contribution is -2.08. The number of hydrogen-bond donors (Lipinski definition) is 2. The molecule has 0 fully saturated rings. The van der Waals surface area contributed by atoms with Crippen LogP contribution in [0.2, 0.25) is 0 Å². The second kappa shape index (κ2) is 4.23. The van der Waals surface area contributed by atoms with E-state index in [1.807, 2.05) is 50.4 Å². The minimum Gasteiger partial charge on any atom is -0.388 e. The Morgan fingerprint density at radius 3 is 2.81 bits per heavy atom. The first-order valence-electron chi connectivity index (χ1n) is 5.22. The molecule has 1 heterocycles. The lowest BCUT2D eigenvalue weighted by Gasteiger charge is -2.03. The number of H-pyrrole nitrogens is 1. The van der Waals surface area contributed by atoms with Gasteiger partial charge in [0.05, 0.1) is 5.52 Å². The smallest absolute Gasteiger partial charge is 0.255 e. The van der Waals surface area contributed by atoms with Crippen LogP contribution in [-0.4, -0.2) is 12.0 Å². The number of fused-ring (bicyclic) bond motifs is 1. The number of nitrogens with one attached hydrogen (secondary N) is 2. The van der Waals surface area contributed by atoms with Crippen LogP contribution in [0.5, 0.6) is 0 Å². The summed E-state index contributed by atoms with van der Waals surface area (Å²) in [6.07, 6.45) is 3.67. The number of hydrogen-bond acceptors (Lipinski definition) is 2. The molecule has 3 nitrogen and oxygen atoms in total. The summed E-state index contributed by atoms with van der Waals surface area (Å²) in [7, 11) is 1.85. The van der Waals surface area contributed by atoms with E-state index < -0.39 is 0 Å². The molecule has 0 atom stereocenters. The fourth-order valence-electron chi connectivity index (χ4n) is 1.68. The number of aromatic nitrogens is 1. The van der Waals surface area contributed by atoms with Gasteiger partial charge in [-0.1, -0.05) is 18.2 Å². The van der Waals surface area contributed by atoms with Crippen LogP contribution in [0, 0.1) is 0 Å². The topological polar surface area (TPSA) is 44.9 Å². The lowest BCUT2D eigenvalue weighted by molar-refractivity contribution is 1.29. The molecule has 0 saturated carbocycles. The first kappa shape index (κ1) is 10.5. The summed E-state index contributed by atoms with van der Waals surface area (Å²) < 4.78 is 0. The van der Waals surface area contributed by atoms with E-state index in [-0.39, 0.29) is 5.56 Å². The fraction of sp³-hybridized carbons (Fsp3) is 0.154. The van der Waals surface area contributed by atoms with E-state index in [1.165, 1.54) is 0 Å². The molecule has 0 spiro atoms. The van der Waals surface area contributed by atoms with E-state index in [4.69, 9.17) is 0 Å². The highest BCUT2D eigenvalue weighted by molar-refractivity contribution is 5.83. The molecule has 82 valence electrons. The van der Waals surface area contributed by atoms with E-state index in [0.29, 0.717) is 5.56 Å². The van der Waals surface area contributed by atoms with Gasteiger partial charge in [-0.15, -0.1) is 0 Å². The summed E-state index contributed by atoms with van der Waals surface area (Å²) in [5.74, 6) is 0. The average Bonchev–Trinajstić information content (AvgIpc) is 2.30. The Morgan fingerprint density at radius 1 is 1.31 bits per heavy atom. The zero-order valence-corrected chi connectivity index (χ0v) is 9.37. The van der Waals surface area contributed by atoms with E-state index in [0.717, 1.165) is 16.6 Å². The molecule has 0 aliphatic heterocycles.